The lowest BCUT2D eigenvalue weighted by molar-refractivity contribution is -0.119. The van der Waals surface area contributed by atoms with Gasteiger partial charge in [0, 0.05) is 32.0 Å². The van der Waals surface area contributed by atoms with Crippen LogP contribution in [-0.4, -0.2) is 52.2 Å². The molecule has 0 bridgehead atoms. The van der Waals surface area contributed by atoms with Gasteiger partial charge in [-0.3, -0.25) is 9.59 Å². The van der Waals surface area contributed by atoms with Crippen LogP contribution in [0.1, 0.15) is 36.0 Å². The molecule has 0 spiro atoms. The van der Waals surface area contributed by atoms with Crippen LogP contribution in [0.3, 0.4) is 0 Å². The minimum atomic E-state index is -0.134. The average molecular weight is 396 g/mol. The molecule has 0 radical (unpaired) electrons. The second-order valence-corrected chi connectivity index (χ2v) is 7.55. The Hall–Kier alpha value is -1.63. The van der Waals surface area contributed by atoms with Crippen molar-refractivity contribution in [2.75, 3.05) is 45.3 Å². The summed E-state index contributed by atoms with van der Waals surface area (Å²) in [6.07, 6.45) is 3.85. The number of piperidine rings is 1. The second kappa shape index (κ2) is 9.53. The van der Waals surface area contributed by atoms with Crippen LogP contribution < -0.4 is 15.5 Å². The van der Waals surface area contributed by atoms with E-state index in [0.29, 0.717) is 24.4 Å². The third-order valence-electron chi connectivity index (χ3n) is 5.51. The maximum Gasteiger partial charge on any atom is 0.253 e. The highest BCUT2D eigenvalue weighted by atomic mass is 35.5. The highest BCUT2D eigenvalue weighted by Gasteiger charge is 2.35. The van der Waals surface area contributed by atoms with Crippen molar-refractivity contribution in [3.63, 3.8) is 0 Å². The van der Waals surface area contributed by atoms with Crippen LogP contribution in [0.4, 0.5) is 5.69 Å². The van der Waals surface area contributed by atoms with Crippen molar-refractivity contribution >= 4 is 29.9 Å². The van der Waals surface area contributed by atoms with E-state index < -0.39 is 0 Å². The fourth-order valence-corrected chi connectivity index (χ4v) is 3.68. The first kappa shape index (κ1) is 21.7. The summed E-state index contributed by atoms with van der Waals surface area (Å²) in [5.74, 6) is 0.0837. The number of para-hydroxylation sites is 1. The molecule has 1 aliphatic carbocycles. The van der Waals surface area contributed by atoms with Gasteiger partial charge in [0.1, 0.15) is 0 Å². The van der Waals surface area contributed by atoms with Crippen molar-refractivity contribution in [3.05, 3.63) is 29.8 Å². The van der Waals surface area contributed by atoms with Gasteiger partial charge < -0.3 is 20.3 Å². The van der Waals surface area contributed by atoms with Gasteiger partial charge in [-0.05, 0) is 50.9 Å². The molecule has 1 aromatic carbocycles. The predicted octanol–water partition coefficient (Wildman–Crippen LogP) is 2.23. The molecule has 0 aromatic heterocycles. The number of anilines is 1. The molecular formula is C20H30ClN3O3. The maximum absolute atomic E-state index is 12.9. The average Bonchev–Trinajstić information content (AvgIpc) is 3.51. The Kier molecular flexibility index (Phi) is 7.65. The number of hydrogen-bond donors (Lipinski definition) is 2. The molecule has 2 N–H and O–H groups in total. The number of ether oxygens (including phenoxy) is 1. The summed E-state index contributed by atoms with van der Waals surface area (Å²) in [5.41, 5.74) is 1.19. The first-order valence-electron chi connectivity index (χ1n) is 9.41. The van der Waals surface area contributed by atoms with E-state index in [9.17, 15) is 9.59 Å². The molecule has 1 aromatic rings. The summed E-state index contributed by atoms with van der Waals surface area (Å²) < 4.78 is 5.42. The lowest BCUT2D eigenvalue weighted by atomic mass is 9.79. The fraction of sp³-hybridized carbons (Fsp3) is 0.600. The Morgan fingerprint density at radius 1 is 1.26 bits per heavy atom. The van der Waals surface area contributed by atoms with Gasteiger partial charge in [0.05, 0.1) is 17.9 Å². The van der Waals surface area contributed by atoms with Gasteiger partial charge in [0.2, 0.25) is 5.91 Å². The molecule has 0 atom stereocenters. The van der Waals surface area contributed by atoms with Crippen molar-refractivity contribution in [2.24, 2.45) is 11.3 Å². The lowest BCUT2D eigenvalue weighted by Gasteiger charge is -2.37. The number of halogens is 1. The normalized spacial score (nSPS) is 18.3. The summed E-state index contributed by atoms with van der Waals surface area (Å²) in [7, 11) is 3.46. The molecular weight excluding hydrogens is 366 g/mol. The number of nitrogens with one attached hydrogen (secondary N) is 2. The Bertz CT molecular complexity index is 652. The Labute approximate surface area is 167 Å². The smallest absolute Gasteiger partial charge is 0.253 e. The third-order valence-corrected chi connectivity index (χ3v) is 5.51. The van der Waals surface area contributed by atoms with E-state index >= 15 is 0 Å². The van der Waals surface area contributed by atoms with E-state index in [1.807, 2.05) is 18.2 Å². The number of benzene rings is 1. The maximum atomic E-state index is 12.9. The van der Waals surface area contributed by atoms with E-state index in [1.54, 1.807) is 25.1 Å². The molecule has 1 saturated carbocycles. The Morgan fingerprint density at radius 3 is 2.56 bits per heavy atom. The number of methoxy groups -OCH3 is 1. The zero-order valence-corrected chi connectivity index (χ0v) is 16.9. The van der Waals surface area contributed by atoms with Crippen LogP contribution in [0.15, 0.2) is 24.3 Å². The minimum Gasteiger partial charge on any atom is -0.384 e. The Morgan fingerprint density at radius 2 is 1.93 bits per heavy atom. The summed E-state index contributed by atoms with van der Waals surface area (Å²) in [6.45, 7) is 3.09. The van der Waals surface area contributed by atoms with Gasteiger partial charge in [-0.2, -0.15) is 0 Å². The standard InChI is InChI=1S/C20H29N3O3.ClH/c1-23(19(25)15-7-8-15)17-6-4-3-5-16(17)18(24)22-13-20(14-26-2)9-11-21-12-10-20;/h3-6,15,21H,7-14H2,1-2H3,(H,22,24);1H. The van der Waals surface area contributed by atoms with Crippen LogP contribution in [0, 0.1) is 11.3 Å². The highest BCUT2D eigenvalue weighted by Crippen LogP contribution is 2.33. The molecule has 6 nitrogen and oxygen atoms in total. The number of carbonyl (C=O) groups excluding carboxylic acids is 2. The van der Waals surface area contributed by atoms with Gasteiger partial charge >= 0.3 is 0 Å². The number of nitrogens with zero attached hydrogens (tertiary/aromatic N) is 1. The zero-order valence-electron chi connectivity index (χ0n) is 16.1. The number of carbonyl (C=O) groups is 2. The topological polar surface area (TPSA) is 70.7 Å². The van der Waals surface area contributed by atoms with Crippen LogP contribution >= 0.6 is 12.4 Å². The van der Waals surface area contributed by atoms with Crippen molar-refractivity contribution < 1.29 is 14.3 Å². The van der Waals surface area contributed by atoms with Crippen molar-refractivity contribution in [2.45, 2.75) is 25.7 Å². The molecule has 7 heteroatoms. The van der Waals surface area contributed by atoms with Gasteiger partial charge in [0.15, 0.2) is 0 Å². The Balaban J connectivity index is 0.00000261. The molecule has 1 saturated heterocycles. The number of hydrogen-bond acceptors (Lipinski definition) is 4. The molecule has 2 aliphatic rings. The zero-order chi connectivity index (χ0) is 18.6. The fourth-order valence-electron chi connectivity index (χ4n) is 3.68. The summed E-state index contributed by atoms with van der Waals surface area (Å²) in [4.78, 5) is 26.9. The van der Waals surface area contributed by atoms with E-state index in [1.165, 1.54) is 0 Å². The first-order valence-corrected chi connectivity index (χ1v) is 9.41. The van der Waals surface area contributed by atoms with Crippen LogP contribution in [-0.2, 0) is 9.53 Å². The van der Waals surface area contributed by atoms with E-state index in [4.69, 9.17) is 4.74 Å². The monoisotopic (exact) mass is 395 g/mol. The van der Waals surface area contributed by atoms with Crippen LogP contribution in [0.5, 0.6) is 0 Å². The summed E-state index contributed by atoms with van der Waals surface area (Å²) >= 11 is 0. The SMILES string of the molecule is COCC1(CNC(=O)c2ccccc2N(C)C(=O)C2CC2)CCNCC1.Cl. The van der Waals surface area contributed by atoms with Gasteiger partial charge in [-0.15, -0.1) is 12.4 Å². The van der Waals surface area contributed by atoms with Gasteiger partial charge in [-0.1, -0.05) is 12.1 Å². The largest absolute Gasteiger partial charge is 0.384 e. The molecule has 2 fully saturated rings. The first-order chi connectivity index (χ1) is 12.6. The molecule has 27 heavy (non-hydrogen) atoms. The third kappa shape index (κ3) is 5.21. The van der Waals surface area contributed by atoms with E-state index in [0.717, 1.165) is 38.8 Å². The van der Waals surface area contributed by atoms with Gasteiger partial charge in [-0.25, -0.2) is 0 Å². The van der Waals surface area contributed by atoms with E-state index in [-0.39, 0.29) is 35.6 Å². The molecule has 0 unspecified atom stereocenters. The summed E-state index contributed by atoms with van der Waals surface area (Å²) in [6, 6.07) is 7.32. The molecule has 1 aliphatic heterocycles. The van der Waals surface area contributed by atoms with Crippen molar-refractivity contribution in [3.8, 4) is 0 Å². The summed E-state index contributed by atoms with van der Waals surface area (Å²) in [5, 5.41) is 6.45. The number of rotatable bonds is 7. The van der Waals surface area contributed by atoms with Crippen LogP contribution in [0.2, 0.25) is 0 Å². The second-order valence-electron chi connectivity index (χ2n) is 7.55. The highest BCUT2D eigenvalue weighted by molar-refractivity contribution is 6.05. The van der Waals surface area contributed by atoms with E-state index in [2.05, 4.69) is 10.6 Å². The van der Waals surface area contributed by atoms with Crippen LogP contribution in [0.25, 0.3) is 0 Å². The molecule has 2 amide bonds. The molecule has 3 rings (SSSR count). The van der Waals surface area contributed by atoms with Crippen molar-refractivity contribution in [1.82, 2.24) is 10.6 Å². The predicted molar refractivity (Wildman–Crippen MR) is 109 cm³/mol. The minimum absolute atomic E-state index is 0. The van der Waals surface area contributed by atoms with Gasteiger partial charge in [0.25, 0.3) is 5.91 Å². The quantitative estimate of drug-likeness (QED) is 0.742. The molecule has 150 valence electrons. The molecule has 1 heterocycles. The number of amides is 2. The lowest BCUT2D eigenvalue weighted by Crippen LogP contribution is -2.47. The van der Waals surface area contributed by atoms with Crippen molar-refractivity contribution in [1.29, 1.82) is 0 Å².